The molecular weight excluding hydrogens is 214 g/mol. The number of hydrogen-bond donors (Lipinski definition) is 1. The third kappa shape index (κ3) is 2.15. The lowest BCUT2D eigenvalue weighted by Gasteiger charge is -2.26. The second kappa shape index (κ2) is 4.69. The fourth-order valence-electron chi connectivity index (χ4n) is 4.05. The Balaban J connectivity index is 1.67. The second-order valence-electron chi connectivity index (χ2n) is 6.10. The Morgan fingerprint density at radius 2 is 1.94 bits per heavy atom. The molecule has 3 nitrogen and oxygen atoms in total. The van der Waals surface area contributed by atoms with Gasteiger partial charge < -0.3 is 5.11 Å². The van der Waals surface area contributed by atoms with Gasteiger partial charge in [0.2, 0.25) is 0 Å². The van der Waals surface area contributed by atoms with Crippen molar-refractivity contribution in [1.29, 1.82) is 0 Å². The molecule has 0 aromatic heterocycles. The molecule has 2 aliphatic carbocycles. The molecule has 0 amide bonds. The highest BCUT2D eigenvalue weighted by Crippen LogP contribution is 2.39. The number of ketones is 1. The summed E-state index contributed by atoms with van der Waals surface area (Å²) in [6.07, 6.45) is 7.35. The lowest BCUT2D eigenvalue weighted by molar-refractivity contribution is -0.124. The summed E-state index contributed by atoms with van der Waals surface area (Å²) in [4.78, 5) is 14.5. The molecular formula is C14H23NO2. The van der Waals surface area contributed by atoms with Crippen molar-refractivity contribution in [2.75, 3.05) is 13.1 Å². The zero-order chi connectivity index (χ0) is 11.8. The molecule has 3 aliphatic rings. The maximum atomic E-state index is 12.1. The Bertz CT molecular complexity index is 305. The van der Waals surface area contributed by atoms with Crippen LogP contribution in [0.4, 0.5) is 0 Å². The van der Waals surface area contributed by atoms with Gasteiger partial charge in [0, 0.05) is 25.4 Å². The Morgan fingerprint density at radius 1 is 1.06 bits per heavy atom. The Labute approximate surface area is 103 Å². The summed E-state index contributed by atoms with van der Waals surface area (Å²) in [7, 11) is 0. The number of carbonyl (C=O) groups is 1. The average molecular weight is 237 g/mol. The lowest BCUT2D eigenvalue weighted by atomic mass is 10.00. The number of fused-ring (bicyclic) bond motifs is 1. The number of Topliss-reactive ketones (excluding diaryl/α,β-unsaturated/α-hetero) is 1. The van der Waals surface area contributed by atoms with E-state index < -0.39 is 0 Å². The minimum Gasteiger partial charge on any atom is -0.393 e. The van der Waals surface area contributed by atoms with Crippen molar-refractivity contribution >= 4 is 5.78 Å². The maximum Gasteiger partial charge on any atom is 0.149 e. The van der Waals surface area contributed by atoms with Gasteiger partial charge in [-0.1, -0.05) is 12.8 Å². The summed E-state index contributed by atoms with van der Waals surface area (Å²) in [5, 5.41) is 9.93. The van der Waals surface area contributed by atoms with Gasteiger partial charge >= 0.3 is 0 Å². The van der Waals surface area contributed by atoms with E-state index in [0.717, 1.165) is 45.2 Å². The van der Waals surface area contributed by atoms with E-state index in [1.807, 2.05) is 0 Å². The highest BCUT2D eigenvalue weighted by Gasteiger charge is 2.44. The standard InChI is InChI=1S/C14H23NO2/c16-13-7-6-10-8-15(9-11(10)13)12-4-2-1-3-5-14(12)17/h10-13,16H,1-9H2. The zero-order valence-corrected chi connectivity index (χ0v) is 10.5. The molecule has 2 saturated carbocycles. The lowest BCUT2D eigenvalue weighted by Crippen LogP contribution is -2.40. The molecule has 0 aromatic rings. The predicted molar refractivity (Wildman–Crippen MR) is 65.7 cm³/mol. The highest BCUT2D eigenvalue weighted by molar-refractivity contribution is 5.84. The number of carbonyl (C=O) groups excluding carboxylic acids is 1. The molecule has 96 valence electrons. The van der Waals surface area contributed by atoms with Crippen LogP contribution in [-0.4, -0.2) is 41.0 Å². The smallest absolute Gasteiger partial charge is 0.149 e. The van der Waals surface area contributed by atoms with Gasteiger partial charge in [-0.3, -0.25) is 9.69 Å². The van der Waals surface area contributed by atoms with E-state index in [9.17, 15) is 9.90 Å². The van der Waals surface area contributed by atoms with E-state index >= 15 is 0 Å². The minimum absolute atomic E-state index is 0.106. The molecule has 0 spiro atoms. The van der Waals surface area contributed by atoms with E-state index in [2.05, 4.69) is 4.90 Å². The van der Waals surface area contributed by atoms with E-state index in [1.54, 1.807) is 0 Å². The van der Waals surface area contributed by atoms with Gasteiger partial charge in [0.25, 0.3) is 0 Å². The molecule has 0 radical (unpaired) electrons. The maximum absolute atomic E-state index is 12.1. The van der Waals surface area contributed by atoms with Crippen LogP contribution in [0.25, 0.3) is 0 Å². The van der Waals surface area contributed by atoms with E-state index in [1.165, 1.54) is 12.8 Å². The topological polar surface area (TPSA) is 40.5 Å². The molecule has 1 aliphatic heterocycles. The van der Waals surface area contributed by atoms with Gasteiger partial charge in [0.1, 0.15) is 5.78 Å². The van der Waals surface area contributed by atoms with Crippen LogP contribution in [0, 0.1) is 11.8 Å². The fraction of sp³-hybridized carbons (Fsp3) is 0.929. The number of nitrogens with zero attached hydrogens (tertiary/aromatic N) is 1. The zero-order valence-electron chi connectivity index (χ0n) is 10.5. The van der Waals surface area contributed by atoms with E-state index in [0.29, 0.717) is 17.6 Å². The van der Waals surface area contributed by atoms with Crippen LogP contribution in [-0.2, 0) is 4.79 Å². The minimum atomic E-state index is -0.106. The van der Waals surface area contributed by atoms with Crippen LogP contribution >= 0.6 is 0 Å². The fourth-order valence-corrected chi connectivity index (χ4v) is 4.05. The quantitative estimate of drug-likeness (QED) is 0.704. The molecule has 0 bridgehead atoms. The number of likely N-dealkylation sites (tertiary alicyclic amines) is 1. The third-order valence-corrected chi connectivity index (χ3v) is 5.06. The van der Waals surface area contributed by atoms with Crippen LogP contribution in [0.2, 0.25) is 0 Å². The first kappa shape index (κ1) is 11.7. The third-order valence-electron chi connectivity index (χ3n) is 5.06. The van der Waals surface area contributed by atoms with Crippen molar-refractivity contribution in [1.82, 2.24) is 4.90 Å². The van der Waals surface area contributed by atoms with Gasteiger partial charge in [0.15, 0.2) is 0 Å². The van der Waals surface area contributed by atoms with Crippen molar-refractivity contribution in [2.24, 2.45) is 11.8 Å². The summed E-state index contributed by atoms with van der Waals surface area (Å²) in [5.41, 5.74) is 0. The Hall–Kier alpha value is -0.410. The first-order chi connectivity index (χ1) is 8.25. The molecule has 4 atom stereocenters. The number of aliphatic hydroxyl groups excluding tert-OH is 1. The average Bonchev–Trinajstić information content (AvgIpc) is 2.79. The highest BCUT2D eigenvalue weighted by atomic mass is 16.3. The molecule has 0 aromatic carbocycles. The molecule has 4 unspecified atom stereocenters. The van der Waals surface area contributed by atoms with Crippen LogP contribution in [0.5, 0.6) is 0 Å². The van der Waals surface area contributed by atoms with Gasteiger partial charge in [-0.25, -0.2) is 0 Å². The molecule has 1 N–H and O–H groups in total. The number of aliphatic hydroxyl groups is 1. The summed E-state index contributed by atoms with van der Waals surface area (Å²) in [6.45, 7) is 2.01. The van der Waals surface area contributed by atoms with Crippen molar-refractivity contribution < 1.29 is 9.90 Å². The van der Waals surface area contributed by atoms with Crippen LogP contribution < -0.4 is 0 Å². The van der Waals surface area contributed by atoms with Gasteiger partial charge in [0.05, 0.1) is 12.1 Å². The van der Waals surface area contributed by atoms with Crippen molar-refractivity contribution in [3.63, 3.8) is 0 Å². The SMILES string of the molecule is O=C1CCCCCC1N1CC2CCC(O)C2C1. The van der Waals surface area contributed by atoms with Crippen LogP contribution in [0.3, 0.4) is 0 Å². The van der Waals surface area contributed by atoms with Gasteiger partial charge in [-0.2, -0.15) is 0 Å². The summed E-state index contributed by atoms with van der Waals surface area (Å²) >= 11 is 0. The van der Waals surface area contributed by atoms with E-state index in [-0.39, 0.29) is 12.1 Å². The van der Waals surface area contributed by atoms with Crippen molar-refractivity contribution in [3.8, 4) is 0 Å². The Kier molecular flexibility index (Phi) is 3.22. The first-order valence-electron chi connectivity index (χ1n) is 7.20. The van der Waals surface area contributed by atoms with E-state index in [4.69, 9.17) is 0 Å². The predicted octanol–water partition coefficient (Wildman–Crippen LogP) is 1.59. The number of rotatable bonds is 1. The summed E-state index contributed by atoms with van der Waals surface area (Å²) in [6, 6.07) is 0.176. The molecule has 1 saturated heterocycles. The molecule has 3 fully saturated rings. The van der Waals surface area contributed by atoms with Crippen molar-refractivity contribution in [2.45, 2.75) is 57.1 Å². The first-order valence-corrected chi connectivity index (χ1v) is 7.20. The van der Waals surface area contributed by atoms with Crippen LogP contribution in [0.1, 0.15) is 44.9 Å². The molecule has 17 heavy (non-hydrogen) atoms. The van der Waals surface area contributed by atoms with Gasteiger partial charge in [-0.05, 0) is 31.6 Å². The summed E-state index contributed by atoms with van der Waals surface area (Å²) in [5.74, 6) is 1.56. The monoisotopic (exact) mass is 237 g/mol. The molecule has 1 heterocycles. The Morgan fingerprint density at radius 3 is 2.76 bits per heavy atom. The molecule has 3 rings (SSSR count). The largest absolute Gasteiger partial charge is 0.393 e. The van der Waals surface area contributed by atoms with Crippen LogP contribution in [0.15, 0.2) is 0 Å². The van der Waals surface area contributed by atoms with Gasteiger partial charge in [-0.15, -0.1) is 0 Å². The molecule has 3 heteroatoms. The van der Waals surface area contributed by atoms with Crippen molar-refractivity contribution in [3.05, 3.63) is 0 Å². The second-order valence-corrected chi connectivity index (χ2v) is 6.10. The summed E-state index contributed by atoms with van der Waals surface area (Å²) < 4.78 is 0. The number of hydrogen-bond acceptors (Lipinski definition) is 3. The normalized spacial score (nSPS) is 43.7.